The molecule has 2 fully saturated rings. The van der Waals surface area contributed by atoms with E-state index in [-0.39, 0.29) is 37.9 Å². The Morgan fingerprint density at radius 2 is 1.61 bits per heavy atom. The number of hydrogen-bond donors (Lipinski definition) is 1. The lowest BCUT2D eigenvalue weighted by molar-refractivity contribution is -0.153. The Balaban J connectivity index is 1.51. The third-order valence-electron chi connectivity index (χ3n) is 6.16. The van der Waals surface area contributed by atoms with Gasteiger partial charge in [-0.1, -0.05) is 37.8 Å². The molecule has 0 spiro atoms. The van der Waals surface area contributed by atoms with Crippen molar-refractivity contribution in [2.75, 3.05) is 19.7 Å². The van der Waals surface area contributed by atoms with Crippen LogP contribution in [0.2, 0.25) is 0 Å². The standard InChI is InChI=1S/C22H29F3N2O5S/c23-22(24,25)18-9-5-6-10-19(18)33(30,31)27-13-11-16(12-14-27)21(29)32-15-20(28)26-17-7-3-1-2-4-8-17/h5-6,9-10,16-17H,1-4,7-8,11-15H2,(H,26,28). The van der Waals surface area contributed by atoms with Crippen LogP contribution in [0.4, 0.5) is 13.2 Å². The van der Waals surface area contributed by atoms with Gasteiger partial charge in [0.15, 0.2) is 6.61 Å². The van der Waals surface area contributed by atoms with Gasteiger partial charge < -0.3 is 10.1 Å². The van der Waals surface area contributed by atoms with Crippen molar-refractivity contribution in [2.24, 2.45) is 5.92 Å². The number of halogens is 3. The van der Waals surface area contributed by atoms with E-state index in [0.717, 1.165) is 61.0 Å². The van der Waals surface area contributed by atoms with E-state index in [1.165, 1.54) is 6.07 Å². The highest BCUT2D eigenvalue weighted by Gasteiger charge is 2.40. The van der Waals surface area contributed by atoms with Crippen molar-refractivity contribution in [3.63, 3.8) is 0 Å². The Kier molecular flexibility index (Phi) is 8.38. The molecule has 3 rings (SSSR count). The first-order valence-electron chi connectivity index (χ1n) is 11.2. The maximum absolute atomic E-state index is 13.3. The molecule has 1 saturated heterocycles. The van der Waals surface area contributed by atoms with E-state index in [9.17, 15) is 31.2 Å². The number of ether oxygens (including phenoxy) is 1. The van der Waals surface area contributed by atoms with Crippen molar-refractivity contribution in [3.8, 4) is 0 Å². The lowest BCUT2D eigenvalue weighted by Crippen LogP contribution is -2.42. The number of carbonyl (C=O) groups excluding carboxylic acids is 2. The van der Waals surface area contributed by atoms with Crippen molar-refractivity contribution in [2.45, 2.75) is 68.5 Å². The molecule has 0 aromatic heterocycles. The summed E-state index contributed by atoms with van der Waals surface area (Å²) in [6.07, 6.45) is 1.64. The molecule has 0 atom stereocenters. The van der Waals surface area contributed by atoms with E-state index in [2.05, 4.69) is 5.32 Å². The number of amides is 1. The summed E-state index contributed by atoms with van der Waals surface area (Å²) in [5.74, 6) is -1.57. The molecule has 184 valence electrons. The van der Waals surface area contributed by atoms with Crippen LogP contribution in [-0.4, -0.2) is 50.3 Å². The van der Waals surface area contributed by atoms with Gasteiger partial charge >= 0.3 is 12.1 Å². The van der Waals surface area contributed by atoms with E-state index >= 15 is 0 Å². The molecular weight excluding hydrogens is 461 g/mol. The summed E-state index contributed by atoms with van der Waals surface area (Å²) < 4.78 is 71.5. The molecule has 1 aliphatic carbocycles. The van der Waals surface area contributed by atoms with Crippen molar-refractivity contribution in [1.82, 2.24) is 9.62 Å². The maximum atomic E-state index is 13.3. The summed E-state index contributed by atoms with van der Waals surface area (Å²) in [4.78, 5) is 23.6. The summed E-state index contributed by atoms with van der Waals surface area (Å²) in [6, 6.07) is 4.14. The summed E-state index contributed by atoms with van der Waals surface area (Å²) in [6.45, 7) is -0.613. The monoisotopic (exact) mass is 490 g/mol. The van der Waals surface area contributed by atoms with E-state index in [0.29, 0.717) is 0 Å². The molecule has 1 aromatic rings. The van der Waals surface area contributed by atoms with Gasteiger partial charge in [-0.2, -0.15) is 17.5 Å². The Morgan fingerprint density at radius 1 is 1.00 bits per heavy atom. The van der Waals surface area contributed by atoms with Crippen LogP contribution in [0.5, 0.6) is 0 Å². The fourth-order valence-corrected chi connectivity index (χ4v) is 6.03. The highest BCUT2D eigenvalue weighted by Crippen LogP contribution is 2.36. The van der Waals surface area contributed by atoms with Crippen LogP contribution in [0.25, 0.3) is 0 Å². The van der Waals surface area contributed by atoms with E-state index in [1.54, 1.807) is 0 Å². The number of carbonyl (C=O) groups is 2. The van der Waals surface area contributed by atoms with Crippen molar-refractivity contribution < 1.29 is 35.9 Å². The zero-order chi connectivity index (χ0) is 24.1. The number of sulfonamides is 1. The number of piperidine rings is 1. The van der Waals surface area contributed by atoms with Gasteiger partial charge in [0.05, 0.1) is 16.4 Å². The van der Waals surface area contributed by atoms with Gasteiger partial charge in [-0.05, 0) is 37.8 Å². The first-order valence-corrected chi connectivity index (χ1v) is 12.7. The van der Waals surface area contributed by atoms with Gasteiger partial charge in [-0.3, -0.25) is 9.59 Å². The van der Waals surface area contributed by atoms with Crippen LogP contribution < -0.4 is 5.32 Å². The van der Waals surface area contributed by atoms with Crippen LogP contribution in [0.3, 0.4) is 0 Å². The number of nitrogens with one attached hydrogen (secondary N) is 1. The maximum Gasteiger partial charge on any atom is 0.417 e. The number of alkyl halides is 3. The van der Waals surface area contributed by atoms with Crippen LogP contribution in [0.1, 0.15) is 56.9 Å². The van der Waals surface area contributed by atoms with Crippen LogP contribution >= 0.6 is 0 Å². The van der Waals surface area contributed by atoms with E-state index in [1.807, 2.05) is 0 Å². The van der Waals surface area contributed by atoms with Crippen molar-refractivity contribution >= 4 is 21.9 Å². The molecule has 1 aliphatic heterocycles. The first kappa shape index (κ1) is 25.5. The molecule has 1 heterocycles. The molecule has 2 aliphatic rings. The smallest absolute Gasteiger partial charge is 0.417 e. The van der Waals surface area contributed by atoms with Crippen LogP contribution in [-0.2, 0) is 30.5 Å². The summed E-state index contributed by atoms with van der Waals surface area (Å²) in [5.41, 5.74) is -1.22. The lowest BCUT2D eigenvalue weighted by Gasteiger charge is -2.30. The zero-order valence-corrected chi connectivity index (χ0v) is 19.1. The molecule has 0 unspecified atom stereocenters. The van der Waals surface area contributed by atoms with Gasteiger partial charge in [0.1, 0.15) is 0 Å². The minimum atomic E-state index is -4.80. The predicted molar refractivity (Wildman–Crippen MR) is 114 cm³/mol. The Morgan fingerprint density at radius 3 is 2.21 bits per heavy atom. The van der Waals surface area contributed by atoms with Gasteiger partial charge in [0.2, 0.25) is 10.0 Å². The molecule has 0 radical (unpaired) electrons. The minimum absolute atomic E-state index is 0.0896. The summed E-state index contributed by atoms with van der Waals surface area (Å²) >= 11 is 0. The molecule has 0 bridgehead atoms. The fraction of sp³-hybridized carbons (Fsp3) is 0.636. The minimum Gasteiger partial charge on any atom is -0.455 e. The molecular formula is C22H29F3N2O5S. The highest BCUT2D eigenvalue weighted by atomic mass is 32.2. The number of hydrogen-bond acceptors (Lipinski definition) is 5. The second-order valence-corrected chi connectivity index (χ2v) is 10.4. The van der Waals surface area contributed by atoms with E-state index in [4.69, 9.17) is 4.74 Å². The van der Waals surface area contributed by atoms with Gasteiger partial charge in [-0.15, -0.1) is 0 Å². The van der Waals surface area contributed by atoms with E-state index < -0.39 is 45.2 Å². The normalized spacial score (nSPS) is 19.6. The Labute approximate surface area is 191 Å². The Hall–Kier alpha value is -2.14. The first-order chi connectivity index (χ1) is 15.6. The highest BCUT2D eigenvalue weighted by molar-refractivity contribution is 7.89. The second kappa shape index (κ2) is 10.9. The third kappa shape index (κ3) is 6.69. The van der Waals surface area contributed by atoms with Gasteiger partial charge in [0, 0.05) is 19.1 Å². The molecule has 7 nitrogen and oxygen atoms in total. The quantitative estimate of drug-likeness (QED) is 0.487. The fourth-order valence-electron chi connectivity index (χ4n) is 4.34. The van der Waals surface area contributed by atoms with Gasteiger partial charge in [0.25, 0.3) is 5.91 Å². The molecule has 33 heavy (non-hydrogen) atoms. The topological polar surface area (TPSA) is 92.8 Å². The summed E-state index contributed by atoms with van der Waals surface area (Å²) in [5, 5.41) is 2.88. The predicted octanol–water partition coefficient (Wildman–Crippen LogP) is 3.49. The number of benzene rings is 1. The second-order valence-electron chi connectivity index (χ2n) is 8.54. The third-order valence-corrected chi connectivity index (χ3v) is 8.12. The Bertz CT molecular complexity index is 936. The number of esters is 1. The largest absolute Gasteiger partial charge is 0.455 e. The van der Waals surface area contributed by atoms with Crippen LogP contribution in [0, 0.1) is 5.92 Å². The molecule has 1 N–H and O–H groups in total. The van der Waals surface area contributed by atoms with Crippen LogP contribution in [0.15, 0.2) is 29.2 Å². The zero-order valence-electron chi connectivity index (χ0n) is 18.3. The summed E-state index contributed by atoms with van der Waals surface area (Å²) in [7, 11) is -4.37. The van der Waals surface area contributed by atoms with Gasteiger partial charge in [-0.25, -0.2) is 8.42 Å². The lowest BCUT2D eigenvalue weighted by atomic mass is 9.98. The van der Waals surface area contributed by atoms with Crippen molar-refractivity contribution in [3.05, 3.63) is 29.8 Å². The average Bonchev–Trinajstić information content (AvgIpc) is 3.05. The SMILES string of the molecule is O=C(COC(=O)C1CCN(S(=O)(=O)c2ccccc2C(F)(F)F)CC1)NC1CCCCCC1. The number of rotatable bonds is 6. The molecule has 1 amide bonds. The number of nitrogens with zero attached hydrogens (tertiary/aromatic N) is 1. The molecule has 11 heteroatoms. The van der Waals surface area contributed by atoms with Crippen molar-refractivity contribution in [1.29, 1.82) is 0 Å². The average molecular weight is 491 g/mol. The molecule has 1 aromatic carbocycles. The molecule has 1 saturated carbocycles.